The van der Waals surface area contributed by atoms with Gasteiger partial charge in [0.15, 0.2) is 5.11 Å². The highest BCUT2D eigenvalue weighted by atomic mass is 32.1. The maximum absolute atomic E-state index is 12.9. The Morgan fingerprint density at radius 3 is 2.48 bits per heavy atom. The molecule has 2 N–H and O–H groups in total. The Morgan fingerprint density at radius 1 is 1.20 bits per heavy atom. The van der Waals surface area contributed by atoms with Crippen molar-refractivity contribution >= 4 is 35.0 Å². The number of nitrogens with one attached hydrogen (secondary N) is 1. The summed E-state index contributed by atoms with van der Waals surface area (Å²) in [5.74, 6) is 0.108. The second-order valence-electron chi connectivity index (χ2n) is 6.11. The van der Waals surface area contributed by atoms with Gasteiger partial charge in [-0.05, 0) is 79.0 Å². The molecular formula is C20H20N2O2S. The third kappa shape index (κ3) is 3.15. The molecule has 0 aromatic heterocycles. The summed E-state index contributed by atoms with van der Waals surface area (Å²) < 4.78 is 0. The average molecular weight is 352 g/mol. The summed E-state index contributed by atoms with van der Waals surface area (Å²) in [5.41, 5.74) is 4.70. The highest BCUT2D eigenvalue weighted by molar-refractivity contribution is 7.80. The molecule has 2 aromatic carbocycles. The van der Waals surface area contributed by atoms with Gasteiger partial charge in [-0.2, -0.15) is 0 Å². The molecule has 0 saturated carbocycles. The van der Waals surface area contributed by atoms with Crippen LogP contribution in [0.15, 0.2) is 42.1 Å². The summed E-state index contributed by atoms with van der Waals surface area (Å²) in [6.45, 7) is 5.72. The molecule has 0 spiro atoms. The summed E-state index contributed by atoms with van der Waals surface area (Å²) in [7, 11) is 0. The van der Waals surface area contributed by atoms with E-state index in [-0.39, 0.29) is 11.7 Å². The van der Waals surface area contributed by atoms with Crippen molar-refractivity contribution in [3.8, 4) is 5.75 Å². The molecule has 1 saturated heterocycles. The number of aryl methyl sites for hydroxylation is 3. The minimum absolute atomic E-state index is 0.172. The van der Waals surface area contributed by atoms with E-state index in [0.29, 0.717) is 10.8 Å². The summed E-state index contributed by atoms with van der Waals surface area (Å²) >= 11 is 5.39. The largest absolute Gasteiger partial charge is 0.507 e. The standard InChI is InChI=1S/C20H20N2O2S/c1-4-15-7-5-6-8-17(15)22-19(24)16(21-20(22)25)11-14-9-12(2)18(23)13(3)10-14/h5-11,23H,4H2,1-3H3,(H,21,25)/b16-11+. The van der Waals surface area contributed by atoms with Crippen LogP contribution in [0, 0.1) is 13.8 Å². The van der Waals surface area contributed by atoms with Crippen molar-refractivity contribution in [1.82, 2.24) is 5.32 Å². The molecule has 5 heteroatoms. The molecular weight excluding hydrogens is 332 g/mol. The maximum Gasteiger partial charge on any atom is 0.281 e. The van der Waals surface area contributed by atoms with Crippen LogP contribution in [0.2, 0.25) is 0 Å². The molecule has 3 rings (SSSR count). The number of hydrogen-bond acceptors (Lipinski definition) is 3. The molecule has 0 atom stereocenters. The zero-order chi connectivity index (χ0) is 18.1. The Hall–Kier alpha value is -2.66. The van der Waals surface area contributed by atoms with Crippen LogP contribution in [0.5, 0.6) is 5.75 Å². The van der Waals surface area contributed by atoms with Crippen LogP contribution in [-0.4, -0.2) is 16.1 Å². The lowest BCUT2D eigenvalue weighted by molar-refractivity contribution is -0.113. The number of hydrogen-bond donors (Lipinski definition) is 2. The first kappa shape index (κ1) is 17.2. The predicted octanol–water partition coefficient (Wildman–Crippen LogP) is 3.83. The summed E-state index contributed by atoms with van der Waals surface area (Å²) in [5, 5.41) is 13.3. The number of amides is 1. The minimum Gasteiger partial charge on any atom is -0.507 e. The van der Waals surface area contributed by atoms with E-state index < -0.39 is 0 Å². The van der Waals surface area contributed by atoms with Crippen LogP contribution in [0.4, 0.5) is 5.69 Å². The fraction of sp³-hybridized carbons (Fsp3) is 0.200. The molecule has 128 valence electrons. The second kappa shape index (κ2) is 6.69. The Labute approximate surface area is 152 Å². The molecule has 1 aliphatic heterocycles. The molecule has 1 amide bonds. The van der Waals surface area contributed by atoms with Crippen LogP contribution in [0.25, 0.3) is 6.08 Å². The average Bonchev–Trinajstić information content (AvgIpc) is 2.86. The van der Waals surface area contributed by atoms with E-state index in [1.54, 1.807) is 11.0 Å². The van der Waals surface area contributed by atoms with Crippen molar-refractivity contribution in [3.05, 3.63) is 64.3 Å². The summed E-state index contributed by atoms with van der Waals surface area (Å²) in [4.78, 5) is 14.4. The number of carbonyl (C=O) groups excluding carboxylic acids is 1. The zero-order valence-corrected chi connectivity index (χ0v) is 15.3. The van der Waals surface area contributed by atoms with Crippen LogP contribution < -0.4 is 10.2 Å². The number of anilines is 1. The van der Waals surface area contributed by atoms with Gasteiger partial charge >= 0.3 is 0 Å². The number of phenolic OH excluding ortho intramolecular Hbond substituents is 1. The third-order valence-electron chi connectivity index (χ3n) is 4.32. The van der Waals surface area contributed by atoms with E-state index in [0.717, 1.165) is 34.4 Å². The Kier molecular flexibility index (Phi) is 4.59. The van der Waals surface area contributed by atoms with Crippen molar-refractivity contribution in [3.63, 3.8) is 0 Å². The van der Waals surface area contributed by atoms with E-state index in [9.17, 15) is 9.90 Å². The van der Waals surface area contributed by atoms with Crippen LogP contribution in [0.1, 0.15) is 29.2 Å². The molecule has 1 heterocycles. The van der Waals surface area contributed by atoms with Gasteiger partial charge in [0.25, 0.3) is 5.91 Å². The van der Waals surface area contributed by atoms with Crippen molar-refractivity contribution in [2.45, 2.75) is 27.2 Å². The van der Waals surface area contributed by atoms with E-state index >= 15 is 0 Å². The Morgan fingerprint density at radius 2 is 1.84 bits per heavy atom. The van der Waals surface area contributed by atoms with E-state index in [1.165, 1.54) is 0 Å². The van der Waals surface area contributed by atoms with Gasteiger partial charge < -0.3 is 10.4 Å². The fourth-order valence-electron chi connectivity index (χ4n) is 3.02. The Bertz CT molecular complexity index is 879. The maximum atomic E-state index is 12.9. The van der Waals surface area contributed by atoms with Gasteiger partial charge in [-0.15, -0.1) is 0 Å². The van der Waals surface area contributed by atoms with Crippen LogP contribution in [-0.2, 0) is 11.2 Å². The van der Waals surface area contributed by atoms with Gasteiger partial charge in [-0.25, -0.2) is 0 Å². The molecule has 1 fully saturated rings. The molecule has 4 nitrogen and oxygen atoms in total. The number of carbonyl (C=O) groups is 1. The number of nitrogens with zero attached hydrogens (tertiary/aromatic N) is 1. The van der Waals surface area contributed by atoms with E-state index in [4.69, 9.17) is 12.2 Å². The van der Waals surface area contributed by atoms with Gasteiger partial charge in [0.2, 0.25) is 0 Å². The highest BCUT2D eigenvalue weighted by Gasteiger charge is 2.32. The first-order chi connectivity index (χ1) is 11.9. The van der Waals surface area contributed by atoms with E-state index in [2.05, 4.69) is 12.2 Å². The predicted molar refractivity (Wildman–Crippen MR) is 105 cm³/mol. The van der Waals surface area contributed by atoms with E-state index in [1.807, 2.05) is 50.2 Å². The van der Waals surface area contributed by atoms with Crippen molar-refractivity contribution < 1.29 is 9.90 Å². The first-order valence-electron chi connectivity index (χ1n) is 8.17. The second-order valence-corrected chi connectivity index (χ2v) is 6.50. The molecule has 2 aromatic rings. The van der Waals surface area contributed by atoms with Crippen LogP contribution >= 0.6 is 12.2 Å². The van der Waals surface area contributed by atoms with Crippen LogP contribution in [0.3, 0.4) is 0 Å². The fourth-order valence-corrected chi connectivity index (χ4v) is 3.31. The van der Waals surface area contributed by atoms with Gasteiger partial charge in [0, 0.05) is 0 Å². The zero-order valence-electron chi connectivity index (χ0n) is 14.5. The SMILES string of the molecule is CCc1ccccc1N1C(=O)/C(=C\c2cc(C)c(O)c(C)c2)NC1=S. The lowest BCUT2D eigenvalue weighted by atomic mass is 10.0. The number of para-hydroxylation sites is 1. The third-order valence-corrected chi connectivity index (χ3v) is 4.60. The molecule has 0 unspecified atom stereocenters. The number of benzene rings is 2. The number of phenols is 1. The molecule has 1 aliphatic rings. The summed E-state index contributed by atoms with van der Waals surface area (Å²) in [6.07, 6.45) is 2.58. The van der Waals surface area contributed by atoms with Gasteiger partial charge in [-0.1, -0.05) is 25.1 Å². The normalized spacial score (nSPS) is 15.8. The Balaban J connectivity index is 1.99. The molecule has 25 heavy (non-hydrogen) atoms. The number of rotatable bonds is 3. The highest BCUT2D eigenvalue weighted by Crippen LogP contribution is 2.28. The van der Waals surface area contributed by atoms with Gasteiger partial charge in [-0.3, -0.25) is 9.69 Å². The van der Waals surface area contributed by atoms with Gasteiger partial charge in [0.05, 0.1) is 5.69 Å². The lowest BCUT2D eigenvalue weighted by Crippen LogP contribution is -2.31. The molecule has 0 radical (unpaired) electrons. The number of aromatic hydroxyl groups is 1. The smallest absolute Gasteiger partial charge is 0.281 e. The quantitative estimate of drug-likeness (QED) is 0.651. The van der Waals surface area contributed by atoms with Gasteiger partial charge in [0.1, 0.15) is 11.4 Å². The molecule has 0 aliphatic carbocycles. The van der Waals surface area contributed by atoms with Crippen molar-refractivity contribution in [2.75, 3.05) is 4.90 Å². The first-order valence-corrected chi connectivity index (χ1v) is 8.58. The van der Waals surface area contributed by atoms with Crippen molar-refractivity contribution in [2.24, 2.45) is 0 Å². The monoisotopic (exact) mass is 352 g/mol. The molecule has 0 bridgehead atoms. The summed E-state index contributed by atoms with van der Waals surface area (Å²) in [6, 6.07) is 11.4. The lowest BCUT2D eigenvalue weighted by Gasteiger charge is -2.17. The minimum atomic E-state index is -0.172. The topological polar surface area (TPSA) is 52.6 Å². The number of thiocarbonyl (C=S) groups is 1. The van der Waals surface area contributed by atoms with Crippen molar-refractivity contribution in [1.29, 1.82) is 0 Å².